The van der Waals surface area contributed by atoms with Crippen LogP contribution in [-0.4, -0.2) is 31.1 Å². The Morgan fingerprint density at radius 3 is 2.79 bits per heavy atom. The Kier molecular flexibility index (Phi) is 3.70. The molecule has 0 aromatic heterocycles. The second kappa shape index (κ2) is 5.63. The summed E-state index contributed by atoms with van der Waals surface area (Å²) < 4.78 is 5.74. The van der Waals surface area contributed by atoms with Crippen LogP contribution in [0.3, 0.4) is 0 Å². The lowest BCUT2D eigenvalue weighted by atomic mass is 10.0. The number of rotatable bonds is 4. The molecule has 2 aliphatic rings. The standard InChI is InChI=1S/C16H20N2O/c17-10-13-3-1-6-16(9-13)19-8-7-18-11-14-4-2-5-15(14)12-18/h1,3,6,9,14-15H,2,4-5,7-8,11-12H2. The van der Waals surface area contributed by atoms with Crippen LogP contribution in [0.1, 0.15) is 24.8 Å². The molecule has 1 heterocycles. The zero-order valence-corrected chi connectivity index (χ0v) is 11.2. The minimum Gasteiger partial charge on any atom is -0.492 e. The van der Waals surface area contributed by atoms with Crippen LogP contribution in [0.25, 0.3) is 0 Å². The van der Waals surface area contributed by atoms with E-state index in [1.165, 1.54) is 32.4 Å². The Morgan fingerprint density at radius 1 is 1.26 bits per heavy atom. The Labute approximate surface area is 114 Å². The molecule has 3 rings (SSSR count). The molecule has 1 aliphatic heterocycles. The number of nitriles is 1. The van der Waals surface area contributed by atoms with Crippen molar-refractivity contribution in [2.24, 2.45) is 11.8 Å². The quantitative estimate of drug-likeness (QED) is 0.831. The molecule has 3 nitrogen and oxygen atoms in total. The molecular weight excluding hydrogens is 236 g/mol. The molecular formula is C16H20N2O. The Balaban J connectivity index is 1.45. The maximum absolute atomic E-state index is 8.84. The lowest BCUT2D eigenvalue weighted by Gasteiger charge is -2.17. The fourth-order valence-electron chi connectivity index (χ4n) is 3.46. The third-order valence-corrected chi connectivity index (χ3v) is 4.44. The highest BCUT2D eigenvalue weighted by Gasteiger charge is 2.35. The van der Waals surface area contributed by atoms with Crippen LogP contribution in [0.4, 0.5) is 0 Å². The van der Waals surface area contributed by atoms with Crippen LogP contribution in [0.15, 0.2) is 24.3 Å². The van der Waals surface area contributed by atoms with Crippen molar-refractivity contribution in [1.29, 1.82) is 5.26 Å². The van der Waals surface area contributed by atoms with Gasteiger partial charge in [-0.2, -0.15) is 5.26 Å². The maximum atomic E-state index is 8.84. The van der Waals surface area contributed by atoms with E-state index >= 15 is 0 Å². The van der Waals surface area contributed by atoms with Crippen molar-refractivity contribution in [1.82, 2.24) is 4.90 Å². The number of hydrogen-bond donors (Lipinski definition) is 0. The van der Waals surface area contributed by atoms with Gasteiger partial charge in [0.05, 0.1) is 11.6 Å². The monoisotopic (exact) mass is 256 g/mol. The number of ether oxygens (including phenoxy) is 1. The highest BCUT2D eigenvalue weighted by atomic mass is 16.5. The SMILES string of the molecule is N#Cc1cccc(OCCN2CC3CCCC3C2)c1. The van der Waals surface area contributed by atoms with E-state index in [1.807, 2.05) is 12.1 Å². The van der Waals surface area contributed by atoms with Crippen molar-refractivity contribution < 1.29 is 4.74 Å². The summed E-state index contributed by atoms with van der Waals surface area (Å²) in [7, 11) is 0. The van der Waals surface area contributed by atoms with Crippen molar-refractivity contribution in [2.45, 2.75) is 19.3 Å². The van der Waals surface area contributed by atoms with Crippen molar-refractivity contribution in [3.8, 4) is 11.8 Å². The number of fused-ring (bicyclic) bond motifs is 1. The van der Waals surface area contributed by atoms with Crippen LogP contribution in [0.5, 0.6) is 5.75 Å². The largest absolute Gasteiger partial charge is 0.492 e. The van der Waals surface area contributed by atoms with Gasteiger partial charge in [0.2, 0.25) is 0 Å². The molecule has 0 amide bonds. The van der Waals surface area contributed by atoms with Crippen LogP contribution in [-0.2, 0) is 0 Å². The molecule has 1 saturated carbocycles. The van der Waals surface area contributed by atoms with Crippen LogP contribution in [0.2, 0.25) is 0 Å². The van der Waals surface area contributed by atoms with E-state index < -0.39 is 0 Å². The van der Waals surface area contributed by atoms with Crippen molar-refractivity contribution in [2.75, 3.05) is 26.2 Å². The maximum Gasteiger partial charge on any atom is 0.120 e. The lowest BCUT2D eigenvalue weighted by molar-refractivity contribution is 0.227. The fraction of sp³-hybridized carbons (Fsp3) is 0.562. The van der Waals surface area contributed by atoms with Crippen LogP contribution in [0, 0.1) is 23.2 Å². The predicted molar refractivity (Wildman–Crippen MR) is 73.9 cm³/mol. The van der Waals surface area contributed by atoms with Gasteiger partial charge in [-0.3, -0.25) is 4.90 Å². The third-order valence-electron chi connectivity index (χ3n) is 4.44. The van der Waals surface area contributed by atoms with Crippen molar-refractivity contribution in [3.63, 3.8) is 0 Å². The summed E-state index contributed by atoms with van der Waals surface area (Å²) in [6, 6.07) is 9.53. The topological polar surface area (TPSA) is 36.3 Å². The number of nitrogens with zero attached hydrogens (tertiary/aromatic N) is 2. The predicted octanol–water partition coefficient (Wildman–Crippen LogP) is 2.67. The molecule has 100 valence electrons. The van der Waals surface area contributed by atoms with E-state index in [0.717, 1.165) is 24.1 Å². The second-order valence-electron chi connectivity index (χ2n) is 5.70. The summed E-state index contributed by atoms with van der Waals surface area (Å²) in [6.45, 7) is 4.23. The zero-order valence-electron chi connectivity index (χ0n) is 11.2. The molecule has 2 unspecified atom stereocenters. The van der Waals surface area contributed by atoms with Crippen molar-refractivity contribution >= 4 is 0 Å². The van der Waals surface area contributed by atoms with Crippen LogP contribution < -0.4 is 4.74 Å². The number of likely N-dealkylation sites (tertiary alicyclic amines) is 1. The van der Waals surface area contributed by atoms with Gasteiger partial charge in [0.1, 0.15) is 12.4 Å². The Hall–Kier alpha value is -1.53. The molecule has 0 bridgehead atoms. The molecule has 0 radical (unpaired) electrons. The second-order valence-corrected chi connectivity index (χ2v) is 5.70. The smallest absolute Gasteiger partial charge is 0.120 e. The van der Waals surface area contributed by atoms with Gasteiger partial charge in [-0.15, -0.1) is 0 Å². The summed E-state index contributed by atoms with van der Waals surface area (Å²) in [5.74, 6) is 2.70. The van der Waals surface area contributed by atoms with Crippen molar-refractivity contribution in [3.05, 3.63) is 29.8 Å². The Bertz CT molecular complexity index is 468. The fourth-order valence-corrected chi connectivity index (χ4v) is 3.46. The zero-order chi connectivity index (χ0) is 13.1. The van der Waals surface area contributed by atoms with Gasteiger partial charge < -0.3 is 4.74 Å². The van der Waals surface area contributed by atoms with Gasteiger partial charge in [0.15, 0.2) is 0 Å². The molecule has 1 aromatic rings. The van der Waals surface area contributed by atoms with Gasteiger partial charge >= 0.3 is 0 Å². The molecule has 3 heteroatoms. The first-order valence-corrected chi connectivity index (χ1v) is 7.20. The molecule has 0 spiro atoms. The van der Waals surface area contributed by atoms with Gasteiger partial charge in [0.25, 0.3) is 0 Å². The first-order valence-electron chi connectivity index (χ1n) is 7.20. The van der Waals surface area contributed by atoms with E-state index in [4.69, 9.17) is 10.00 Å². The summed E-state index contributed by atoms with van der Waals surface area (Å²) in [5.41, 5.74) is 0.660. The minimum absolute atomic E-state index is 0.660. The first-order chi connectivity index (χ1) is 9.35. The molecule has 1 saturated heterocycles. The van der Waals surface area contributed by atoms with Crippen LogP contribution >= 0.6 is 0 Å². The van der Waals surface area contributed by atoms with Gasteiger partial charge in [0, 0.05) is 19.6 Å². The number of hydrogen-bond acceptors (Lipinski definition) is 3. The van der Waals surface area contributed by atoms with E-state index in [-0.39, 0.29) is 0 Å². The minimum atomic E-state index is 0.660. The molecule has 0 N–H and O–H groups in total. The normalized spacial score (nSPS) is 26.1. The van der Waals surface area contributed by atoms with Gasteiger partial charge in [-0.25, -0.2) is 0 Å². The third kappa shape index (κ3) is 2.90. The summed E-state index contributed by atoms with van der Waals surface area (Å²) in [6.07, 6.45) is 4.28. The van der Waals surface area contributed by atoms with Gasteiger partial charge in [-0.1, -0.05) is 12.5 Å². The van der Waals surface area contributed by atoms with E-state index in [2.05, 4.69) is 11.0 Å². The average Bonchev–Trinajstić information content (AvgIpc) is 3.00. The molecule has 2 fully saturated rings. The van der Waals surface area contributed by atoms with E-state index in [1.54, 1.807) is 12.1 Å². The molecule has 1 aromatic carbocycles. The molecule has 19 heavy (non-hydrogen) atoms. The highest BCUT2D eigenvalue weighted by molar-refractivity contribution is 5.36. The first kappa shape index (κ1) is 12.5. The summed E-state index contributed by atoms with van der Waals surface area (Å²) in [5, 5.41) is 8.84. The van der Waals surface area contributed by atoms with E-state index in [0.29, 0.717) is 12.2 Å². The average molecular weight is 256 g/mol. The van der Waals surface area contributed by atoms with E-state index in [9.17, 15) is 0 Å². The number of benzene rings is 1. The summed E-state index contributed by atoms with van der Waals surface area (Å²) in [4.78, 5) is 2.53. The summed E-state index contributed by atoms with van der Waals surface area (Å²) >= 11 is 0. The Morgan fingerprint density at radius 2 is 2.05 bits per heavy atom. The lowest BCUT2D eigenvalue weighted by Crippen LogP contribution is -2.27. The molecule has 1 aliphatic carbocycles. The molecule has 2 atom stereocenters. The van der Waals surface area contributed by atoms with Gasteiger partial charge in [-0.05, 0) is 42.9 Å². The highest BCUT2D eigenvalue weighted by Crippen LogP contribution is 2.37.